The number of likely N-dealkylation sites (tertiary alicyclic amines) is 1. The smallest absolute Gasteiger partial charge is 0.219 e. The summed E-state index contributed by atoms with van der Waals surface area (Å²) in [7, 11) is 0. The molecule has 2 aliphatic rings. The molecule has 1 saturated heterocycles. The van der Waals surface area contributed by atoms with Gasteiger partial charge in [0.15, 0.2) is 0 Å². The first-order valence-electron chi connectivity index (χ1n) is 8.18. The van der Waals surface area contributed by atoms with Gasteiger partial charge in [0.05, 0.1) is 0 Å². The van der Waals surface area contributed by atoms with Crippen LogP contribution >= 0.6 is 0 Å². The van der Waals surface area contributed by atoms with Crippen LogP contribution in [-0.2, 0) is 4.79 Å². The molecule has 1 amide bonds. The van der Waals surface area contributed by atoms with E-state index >= 15 is 0 Å². The second kappa shape index (κ2) is 7.28. The van der Waals surface area contributed by atoms with Crippen LogP contribution in [0.4, 0.5) is 0 Å². The molecule has 0 aromatic heterocycles. The Labute approximate surface area is 118 Å². The van der Waals surface area contributed by atoms with Gasteiger partial charge < -0.3 is 10.2 Å². The van der Waals surface area contributed by atoms with Crippen LogP contribution in [-0.4, -0.2) is 36.0 Å². The number of nitrogens with one attached hydrogen (secondary N) is 1. The van der Waals surface area contributed by atoms with Crippen molar-refractivity contribution >= 4 is 5.91 Å². The topological polar surface area (TPSA) is 32.3 Å². The lowest BCUT2D eigenvalue weighted by Crippen LogP contribution is -2.48. The minimum Gasteiger partial charge on any atom is -0.343 e. The number of amides is 1. The molecule has 0 aromatic rings. The number of piperidine rings is 1. The van der Waals surface area contributed by atoms with Crippen LogP contribution in [0.1, 0.15) is 65.2 Å². The minimum atomic E-state index is 0.232. The molecule has 1 atom stereocenters. The van der Waals surface area contributed by atoms with Gasteiger partial charge in [-0.3, -0.25) is 4.79 Å². The van der Waals surface area contributed by atoms with E-state index < -0.39 is 0 Å². The molecule has 1 aliphatic carbocycles. The van der Waals surface area contributed by atoms with Crippen LogP contribution in [0.2, 0.25) is 0 Å². The minimum absolute atomic E-state index is 0.232. The molecular weight excluding hydrogens is 236 g/mol. The summed E-state index contributed by atoms with van der Waals surface area (Å²) in [4.78, 5) is 13.3. The van der Waals surface area contributed by atoms with E-state index in [-0.39, 0.29) is 5.91 Å². The fourth-order valence-electron chi connectivity index (χ4n) is 3.68. The lowest BCUT2D eigenvalue weighted by molar-refractivity contribution is -0.129. The molecule has 0 spiro atoms. The third-order valence-electron chi connectivity index (χ3n) is 5.05. The van der Waals surface area contributed by atoms with Gasteiger partial charge in [-0.25, -0.2) is 0 Å². The Morgan fingerprint density at radius 1 is 1.05 bits per heavy atom. The van der Waals surface area contributed by atoms with Crippen molar-refractivity contribution in [3.05, 3.63) is 0 Å². The van der Waals surface area contributed by atoms with Crippen molar-refractivity contribution < 1.29 is 4.79 Å². The van der Waals surface area contributed by atoms with Crippen molar-refractivity contribution in [2.24, 2.45) is 5.92 Å². The van der Waals surface area contributed by atoms with Gasteiger partial charge in [-0.15, -0.1) is 0 Å². The van der Waals surface area contributed by atoms with Crippen molar-refractivity contribution in [1.82, 2.24) is 10.2 Å². The number of nitrogens with zero attached hydrogens (tertiary/aromatic N) is 1. The van der Waals surface area contributed by atoms with E-state index in [2.05, 4.69) is 12.2 Å². The molecule has 1 heterocycles. The van der Waals surface area contributed by atoms with Gasteiger partial charge in [0.1, 0.15) is 0 Å². The van der Waals surface area contributed by atoms with Crippen LogP contribution in [0.3, 0.4) is 0 Å². The van der Waals surface area contributed by atoms with E-state index in [1.807, 2.05) is 4.90 Å². The first kappa shape index (κ1) is 14.8. The second-order valence-electron chi connectivity index (χ2n) is 6.49. The van der Waals surface area contributed by atoms with Crippen LogP contribution in [0.25, 0.3) is 0 Å². The van der Waals surface area contributed by atoms with E-state index in [9.17, 15) is 4.79 Å². The maximum absolute atomic E-state index is 11.3. The number of carbonyl (C=O) groups excluding carboxylic acids is 1. The molecule has 3 heteroatoms. The van der Waals surface area contributed by atoms with Crippen LogP contribution in [0, 0.1) is 5.92 Å². The van der Waals surface area contributed by atoms with Gasteiger partial charge in [0.2, 0.25) is 5.91 Å². The van der Waals surface area contributed by atoms with Gasteiger partial charge in [0.25, 0.3) is 0 Å². The first-order chi connectivity index (χ1) is 9.16. The van der Waals surface area contributed by atoms with Crippen molar-refractivity contribution in [2.75, 3.05) is 13.1 Å². The summed E-state index contributed by atoms with van der Waals surface area (Å²) in [5.74, 6) is 1.10. The summed E-state index contributed by atoms with van der Waals surface area (Å²) in [5.41, 5.74) is 0. The zero-order valence-corrected chi connectivity index (χ0v) is 12.7. The molecule has 2 fully saturated rings. The van der Waals surface area contributed by atoms with E-state index in [0.29, 0.717) is 12.1 Å². The zero-order chi connectivity index (χ0) is 13.7. The average molecular weight is 266 g/mol. The zero-order valence-electron chi connectivity index (χ0n) is 12.7. The highest BCUT2D eigenvalue weighted by atomic mass is 16.2. The SMILES string of the molecule is CC(=O)N1CCC(N[C@@H](C)C2CCCCCC2)CC1. The fraction of sp³-hybridized carbons (Fsp3) is 0.938. The molecule has 0 aromatic carbocycles. The molecule has 110 valence electrons. The maximum Gasteiger partial charge on any atom is 0.219 e. The summed E-state index contributed by atoms with van der Waals surface area (Å²) < 4.78 is 0. The summed E-state index contributed by atoms with van der Waals surface area (Å²) in [6.07, 6.45) is 10.7. The lowest BCUT2D eigenvalue weighted by atomic mass is 9.91. The molecule has 0 bridgehead atoms. The monoisotopic (exact) mass is 266 g/mol. The maximum atomic E-state index is 11.3. The van der Waals surface area contributed by atoms with E-state index in [1.54, 1.807) is 6.92 Å². The van der Waals surface area contributed by atoms with Crippen molar-refractivity contribution in [1.29, 1.82) is 0 Å². The van der Waals surface area contributed by atoms with E-state index in [1.165, 1.54) is 38.5 Å². The van der Waals surface area contributed by atoms with Gasteiger partial charge in [-0.05, 0) is 38.5 Å². The Kier molecular flexibility index (Phi) is 5.68. The van der Waals surface area contributed by atoms with Crippen LogP contribution < -0.4 is 5.32 Å². The third-order valence-corrected chi connectivity index (χ3v) is 5.05. The molecular formula is C16H30N2O. The highest BCUT2D eigenvalue weighted by molar-refractivity contribution is 5.73. The molecule has 1 N–H and O–H groups in total. The predicted molar refractivity (Wildman–Crippen MR) is 79.1 cm³/mol. The molecule has 2 rings (SSSR count). The Balaban J connectivity index is 1.73. The predicted octanol–water partition coefficient (Wildman–Crippen LogP) is 2.95. The third kappa shape index (κ3) is 4.48. The summed E-state index contributed by atoms with van der Waals surface area (Å²) in [5, 5.41) is 3.84. The number of hydrogen-bond donors (Lipinski definition) is 1. The summed E-state index contributed by atoms with van der Waals surface area (Å²) >= 11 is 0. The number of carbonyl (C=O) groups is 1. The highest BCUT2D eigenvalue weighted by Crippen LogP contribution is 2.26. The lowest BCUT2D eigenvalue weighted by Gasteiger charge is -2.35. The Bertz CT molecular complexity index is 276. The Morgan fingerprint density at radius 3 is 2.16 bits per heavy atom. The largest absolute Gasteiger partial charge is 0.343 e. The van der Waals surface area contributed by atoms with Gasteiger partial charge >= 0.3 is 0 Å². The van der Waals surface area contributed by atoms with Crippen LogP contribution in [0.5, 0.6) is 0 Å². The number of hydrogen-bond acceptors (Lipinski definition) is 2. The van der Waals surface area contributed by atoms with Crippen molar-refractivity contribution in [3.8, 4) is 0 Å². The molecule has 0 radical (unpaired) electrons. The van der Waals surface area contributed by atoms with Gasteiger partial charge in [0, 0.05) is 32.1 Å². The average Bonchev–Trinajstić information content (AvgIpc) is 2.68. The highest BCUT2D eigenvalue weighted by Gasteiger charge is 2.25. The van der Waals surface area contributed by atoms with E-state index in [0.717, 1.165) is 31.8 Å². The standard InChI is InChI=1S/C16H30N2O/c1-13(15-7-5-3-4-6-8-15)17-16-9-11-18(12-10-16)14(2)19/h13,15-17H,3-12H2,1-2H3/t13-/m0/s1. The molecule has 19 heavy (non-hydrogen) atoms. The quantitative estimate of drug-likeness (QED) is 0.797. The Morgan fingerprint density at radius 2 is 1.63 bits per heavy atom. The normalized spacial score (nSPS) is 25.1. The van der Waals surface area contributed by atoms with Crippen molar-refractivity contribution in [3.63, 3.8) is 0 Å². The fourth-order valence-corrected chi connectivity index (χ4v) is 3.68. The van der Waals surface area contributed by atoms with E-state index in [4.69, 9.17) is 0 Å². The summed E-state index contributed by atoms with van der Waals surface area (Å²) in [6.45, 7) is 5.92. The Hall–Kier alpha value is -0.570. The van der Waals surface area contributed by atoms with Crippen LogP contribution in [0.15, 0.2) is 0 Å². The molecule has 0 unspecified atom stereocenters. The van der Waals surface area contributed by atoms with Crippen molar-refractivity contribution in [2.45, 2.75) is 77.3 Å². The van der Waals surface area contributed by atoms with Gasteiger partial charge in [-0.1, -0.05) is 25.7 Å². The van der Waals surface area contributed by atoms with Gasteiger partial charge in [-0.2, -0.15) is 0 Å². The second-order valence-corrected chi connectivity index (χ2v) is 6.49. The summed E-state index contributed by atoms with van der Waals surface area (Å²) in [6, 6.07) is 1.26. The molecule has 3 nitrogen and oxygen atoms in total. The number of rotatable bonds is 3. The molecule has 1 saturated carbocycles. The molecule has 1 aliphatic heterocycles. The first-order valence-corrected chi connectivity index (χ1v) is 8.18.